The highest BCUT2D eigenvalue weighted by Crippen LogP contribution is 2.39. The molecule has 6 nitrogen and oxygen atoms in total. The van der Waals surface area contributed by atoms with Gasteiger partial charge in [0.2, 0.25) is 0 Å². The lowest BCUT2D eigenvalue weighted by molar-refractivity contribution is -0.172. The molecule has 1 atom stereocenters. The van der Waals surface area contributed by atoms with E-state index in [1.807, 2.05) is 18.7 Å². The number of fused-ring (bicyclic) bond motifs is 1. The first-order valence-corrected chi connectivity index (χ1v) is 10.2. The normalized spacial score (nSPS) is 18.3. The lowest BCUT2D eigenvalue weighted by Crippen LogP contribution is -2.44. The number of pyridine rings is 1. The SMILES string of the molecule is Cc1nc(C)c(-c2cc3c(c(N4CCOCC4)n2)C(=O)N([C@H](C)C(F)(F)F)C3)s1. The van der Waals surface area contributed by atoms with Crippen LogP contribution in [0.5, 0.6) is 0 Å². The van der Waals surface area contributed by atoms with E-state index in [0.717, 1.165) is 27.4 Å². The van der Waals surface area contributed by atoms with Gasteiger partial charge in [-0.3, -0.25) is 4.79 Å². The third-order valence-electron chi connectivity index (χ3n) is 5.29. The number of aryl methyl sites for hydroxylation is 2. The summed E-state index contributed by atoms with van der Waals surface area (Å²) in [5.74, 6) is -0.185. The molecule has 0 unspecified atom stereocenters. The number of carbonyl (C=O) groups excluding carboxylic acids is 1. The summed E-state index contributed by atoms with van der Waals surface area (Å²) in [4.78, 5) is 25.8. The van der Waals surface area contributed by atoms with Crippen molar-refractivity contribution in [1.82, 2.24) is 14.9 Å². The number of nitrogens with zero attached hydrogens (tertiary/aromatic N) is 4. The zero-order valence-electron chi connectivity index (χ0n) is 16.3. The lowest BCUT2D eigenvalue weighted by atomic mass is 10.1. The van der Waals surface area contributed by atoms with Crippen molar-refractivity contribution in [2.75, 3.05) is 31.2 Å². The standard InChI is InChI=1S/C19H21F3N4O2S/c1-10-16(29-12(3)23-10)14-8-13-9-26(11(2)19(20,21)22)18(27)15(13)17(24-14)25-4-6-28-7-5-25/h8,11H,4-7,9H2,1-3H3/t11-/m1/s1. The van der Waals surface area contributed by atoms with E-state index in [2.05, 4.69) is 4.98 Å². The minimum atomic E-state index is -4.49. The first-order valence-electron chi connectivity index (χ1n) is 9.35. The maximum absolute atomic E-state index is 13.3. The largest absolute Gasteiger partial charge is 0.408 e. The molecule has 0 N–H and O–H groups in total. The molecule has 2 aromatic heterocycles. The van der Waals surface area contributed by atoms with Crippen LogP contribution in [0.3, 0.4) is 0 Å². The Hall–Kier alpha value is -2.20. The number of carbonyl (C=O) groups is 1. The van der Waals surface area contributed by atoms with E-state index in [1.54, 1.807) is 6.07 Å². The highest BCUT2D eigenvalue weighted by molar-refractivity contribution is 7.15. The van der Waals surface area contributed by atoms with E-state index >= 15 is 0 Å². The summed E-state index contributed by atoms with van der Waals surface area (Å²) in [6.07, 6.45) is -4.49. The van der Waals surface area contributed by atoms with Crippen LogP contribution in [0.25, 0.3) is 10.6 Å². The Morgan fingerprint density at radius 2 is 1.90 bits per heavy atom. The molecule has 29 heavy (non-hydrogen) atoms. The van der Waals surface area contributed by atoms with Gasteiger partial charge >= 0.3 is 6.18 Å². The third-order valence-corrected chi connectivity index (χ3v) is 6.38. The molecule has 1 fully saturated rings. The van der Waals surface area contributed by atoms with Gasteiger partial charge in [-0.1, -0.05) is 0 Å². The van der Waals surface area contributed by atoms with Crippen molar-refractivity contribution < 1.29 is 22.7 Å². The van der Waals surface area contributed by atoms with Crippen molar-refractivity contribution in [3.63, 3.8) is 0 Å². The highest BCUT2D eigenvalue weighted by atomic mass is 32.1. The van der Waals surface area contributed by atoms with Crippen LogP contribution in [0.1, 0.15) is 33.5 Å². The number of thiazole rings is 1. The molecule has 10 heteroatoms. The van der Waals surface area contributed by atoms with Crippen molar-refractivity contribution in [2.24, 2.45) is 0 Å². The summed E-state index contributed by atoms with van der Waals surface area (Å²) in [5.41, 5.74) is 2.30. The van der Waals surface area contributed by atoms with Gasteiger partial charge in [0.15, 0.2) is 0 Å². The smallest absolute Gasteiger partial charge is 0.378 e. The molecule has 0 radical (unpaired) electrons. The molecule has 0 aromatic carbocycles. The predicted molar refractivity (Wildman–Crippen MR) is 103 cm³/mol. The van der Waals surface area contributed by atoms with Gasteiger partial charge in [0.25, 0.3) is 5.91 Å². The van der Waals surface area contributed by atoms with Crippen LogP contribution in [0.2, 0.25) is 0 Å². The number of amides is 1. The Morgan fingerprint density at radius 3 is 2.48 bits per heavy atom. The second kappa shape index (κ2) is 7.24. The summed E-state index contributed by atoms with van der Waals surface area (Å²) in [6.45, 7) is 6.74. The molecule has 1 amide bonds. The van der Waals surface area contributed by atoms with E-state index < -0.39 is 18.1 Å². The molecule has 4 heterocycles. The van der Waals surface area contributed by atoms with Gasteiger partial charge < -0.3 is 14.5 Å². The van der Waals surface area contributed by atoms with E-state index in [4.69, 9.17) is 9.72 Å². The van der Waals surface area contributed by atoms with Crippen molar-refractivity contribution in [3.05, 3.63) is 27.9 Å². The highest BCUT2D eigenvalue weighted by Gasteiger charge is 2.46. The summed E-state index contributed by atoms with van der Waals surface area (Å²) < 4.78 is 45.3. The Morgan fingerprint density at radius 1 is 1.21 bits per heavy atom. The van der Waals surface area contributed by atoms with Crippen molar-refractivity contribution in [1.29, 1.82) is 0 Å². The molecule has 0 saturated carbocycles. The number of ether oxygens (including phenoxy) is 1. The van der Waals surface area contributed by atoms with E-state index in [1.165, 1.54) is 11.3 Å². The first kappa shape index (κ1) is 20.1. The molecule has 0 aliphatic carbocycles. The molecule has 156 valence electrons. The van der Waals surface area contributed by atoms with Crippen LogP contribution < -0.4 is 4.90 Å². The van der Waals surface area contributed by atoms with E-state index in [-0.39, 0.29) is 12.1 Å². The molecule has 0 bridgehead atoms. The minimum Gasteiger partial charge on any atom is -0.378 e. The quantitative estimate of drug-likeness (QED) is 0.751. The number of alkyl halides is 3. The van der Waals surface area contributed by atoms with Crippen LogP contribution in [-0.2, 0) is 11.3 Å². The summed E-state index contributed by atoms with van der Waals surface area (Å²) >= 11 is 1.49. The van der Waals surface area contributed by atoms with Gasteiger partial charge in [0.05, 0.1) is 40.0 Å². The number of morpholine rings is 1. The minimum absolute atomic E-state index is 0.0848. The van der Waals surface area contributed by atoms with Gasteiger partial charge in [-0.2, -0.15) is 13.2 Å². The fourth-order valence-electron chi connectivity index (χ4n) is 3.72. The molecule has 1 saturated heterocycles. The van der Waals surface area contributed by atoms with Gasteiger partial charge in [-0.25, -0.2) is 9.97 Å². The van der Waals surface area contributed by atoms with E-state index in [0.29, 0.717) is 43.4 Å². The van der Waals surface area contributed by atoms with Gasteiger partial charge in [-0.15, -0.1) is 11.3 Å². The zero-order chi connectivity index (χ0) is 20.9. The van der Waals surface area contributed by atoms with Gasteiger partial charge in [-0.05, 0) is 32.4 Å². The summed E-state index contributed by atoms with van der Waals surface area (Å²) in [6, 6.07) is -0.129. The Kier molecular flexibility index (Phi) is 5.02. The van der Waals surface area contributed by atoms with Crippen molar-refractivity contribution in [2.45, 2.75) is 39.5 Å². The van der Waals surface area contributed by atoms with Crippen LogP contribution in [0.15, 0.2) is 6.07 Å². The maximum Gasteiger partial charge on any atom is 0.408 e. The van der Waals surface area contributed by atoms with Crippen molar-refractivity contribution in [3.8, 4) is 10.6 Å². The van der Waals surface area contributed by atoms with Crippen LogP contribution >= 0.6 is 11.3 Å². The zero-order valence-corrected chi connectivity index (χ0v) is 17.2. The number of halogens is 3. The summed E-state index contributed by atoms with van der Waals surface area (Å²) in [7, 11) is 0. The third kappa shape index (κ3) is 3.59. The molecular weight excluding hydrogens is 405 g/mol. The van der Waals surface area contributed by atoms with Crippen LogP contribution in [-0.4, -0.2) is 59.3 Å². The Labute approximate surface area is 170 Å². The van der Waals surface area contributed by atoms with Gasteiger partial charge in [0.1, 0.15) is 11.9 Å². The summed E-state index contributed by atoms with van der Waals surface area (Å²) in [5, 5.41) is 0.885. The number of hydrogen-bond donors (Lipinski definition) is 0. The van der Waals surface area contributed by atoms with Crippen LogP contribution in [0.4, 0.5) is 19.0 Å². The fraction of sp³-hybridized carbons (Fsp3) is 0.526. The molecular formula is C19H21F3N4O2S. The number of anilines is 1. The Balaban J connectivity index is 1.83. The molecule has 2 aliphatic rings. The average Bonchev–Trinajstić information content (AvgIpc) is 3.19. The predicted octanol–water partition coefficient (Wildman–Crippen LogP) is 3.57. The van der Waals surface area contributed by atoms with Crippen LogP contribution in [0, 0.1) is 13.8 Å². The number of aromatic nitrogens is 2. The number of hydrogen-bond acceptors (Lipinski definition) is 6. The monoisotopic (exact) mass is 426 g/mol. The van der Waals surface area contributed by atoms with Gasteiger partial charge in [0, 0.05) is 19.6 Å². The second-order valence-corrected chi connectivity index (χ2v) is 8.47. The fourth-order valence-corrected chi connectivity index (χ4v) is 4.60. The second-order valence-electron chi connectivity index (χ2n) is 7.26. The molecule has 2 aliphatic heterocycles. The number of rotatable bonds is 3. The topological polar surface area (TPSA) is 58.6 Å². The maximum atomic E-state index is 13.3. The molecule has 4 rings (SSSR count). The lowest BCUT2D eigenvalue weighted by Gasteiger charge is -2.30. The van der Waals surface area contributed by atoms with E-state index in [9.17, 15) is 18.0 Å². The molecule has 2 aromatic rings. The van der Waals surface area contributed by atoms with Crippen molar-refractivity contribution >= 4 is 23.1 Å². The molecule has 0 spiro atoms. The Bertz CT molecular complexity index is 954. The first-order chi connectivity index (χ1) is 13.7. The average molecular weight is 426 g/mol.